The van der Waals surface area contributed by atoms with E-state index < -0.39 is 0 Å². The molecule has 0 radical (unpaired) electrons. The van der Waals surface area contributed by atoms with Gasteiger partial charge in [-0.2, -0.15) is 5.10 Å². The molecule has 1 atom stereocenters. The Balaban J connectivity index is 1.60. The Morgan fingerprint density at radius 3 is 2.62 bits per heavy atom. The Morgan fingerprint density at radius 1 is 1.08 bits per heavy atom. The van der Waals surface area contributed by atoms with Crippen molar-refractivity contribution in [1.29, 1.82) is 0 Å². The van der Waals surface area contributed by atoms with Crippen molar-refractivity contribution in [2.75, 3.05) is 5.32 Å². The molecule has 3 aromatic rings. The molecular formula is C20H17ClN4O. The van der Waals surface area contributed by atoms with E-state index in [-0.39, 0.29) is 18.1 Å². The maximum atomic E-state index is 13.1. The minimum absolute atomic E-state index is 0.0788. The number of halogens is 1. The standard InChI is InChI=1S/C20H17ClN4O/c21-13-7-5-12(6-8-13)18-16(11-22-24-18)19-23-17-4-2-1-3-15(17)20(26)25(19)14-9-10-14/h1-8,11,14,19,23H,9-10H2,(H,22,24)/t19-/m1/s1. The Morgan fingerprint density at radius 2 is 1.85 bits per heavy atom. The average Bonchev–Trinajstić information content (AvgIpc) is 3.38. The third kappa shape index (κ3) is 2.47. The van der Waals surface area contributed by atoms with Gasteiger partial charge in [0.2, 0.25) is 0 Å². The number of benzene rings is 2. The highest BCUT2D eigenvalue weighted by atomic mass is 35.5. The average molecular weight is 365 g/mol. The fourth-order valence-electron chi connectivity index (χ4n) is 3.58. The highest BCUT2D eigenvalue weighted by molar-refractivity contribution is 6.30. The molecule has 26 heavy (non-hydrogen) atoms. The Bertz CT molecular complexity index is 977. The molecule has 0 saturated heterocycles. The zero-order chi connectivity index (χ0) is 17.7. The highest BCUT2D eigenvalue weighted by Gasteiger charge is 2.43. The molecule has 1 aromatic heterocycles. The monoisotopic (exact) mass is 364 g/mol. The molecule has 6 heteroatoms. The van der Waals surface area contributed by atoms with Crippen molar-refractivity contribution in [2.24, 2.45) is 0 Å². The molecule has 2 heterocycles. The third-order valence-electron chi connectivity index (χ3n) is 5.00. The number of carbonyl (C=O) groups excluding carboxylic acids is 1. The van der Waals surface area contributed by atoms with Crippen LogP contribution in [-0.4, -0.2) is 27.0 Å². The molecule has 130 valence electrons. The van der Waals surface area contributed by atoms with Gasteiger partial charge < -0.3 is 10.2 Å². The molecule has 5 rings (SSSR count). The van der Waals surface area contributed by atoms with Crippen molar-refractivity contribution >= 4 is 23.2 Å². The van der Waals surface area contributed by atoms with Crippen LogP contribution in [0.3, 0.4) is 0 Å². The van der Waals surface area contributed by atoms with E-state index in [1.165, 1.54) is 0 Å². The van der Waals surface area contributed by atoms with Gasteiger partial charge in [-0.15, -0.1) is 0 Å². The summed E-state index contributed by atoms with van der Waals surface area (Å²) in [4.78, 5) is 15.1. The minimum Gasteiger partial charge on any atom is -0.361 e. The first kappa shape index (κ1) is 15.5. The molecule has 0 bridgehead atoms. The van der Waals surface area contributed by atoms with Crippen LogP contribution in [0.1, 0.15) is 34.9 Å². The molecule has 1 fully saturated rings. The molecule has 0 spiro atoms. The quantitative estimate of drug-likeness (QED) is 0.721. The van der Waals surface area contributed by atoms with E-state index in [2.05, 4.69) is 15.5 Å². The van der Waals surface area contributed by atoms with Gasteiger partial charge in [-0.1, -0.05) is 35.9 Å². The van der Waals surface area contributed by atoms with Gasteiger partial charge in [0.15, 0.2) is 0 Å². The largest absolute Gasteiger partial charge is 0.361 e. The number of rotatable bonds is 3. The molecule has 1 saturated carbocycles. The highest BCUT2D eigenvalue weighted by Crippen LogP contribution is 2.42. The Kier molecular flexibility index (Phi) is 3.50. The van der Waals surface area contributed by atoms with Gasteiger partial charge in [-0.3, -0.25) is 9.89 Å². The number of aromatic amines is 1. The molecule has 1 aliphatic carbocycles. The van der Waals surface area contributed by atoms with Gasteiger partial charge in [0.1, 0.15) is 6.17 Å². The van der Waals surface area contributed by atoms with Gasteiger partial charge in [0.05, 0.1) is 17.5 Å². The fourth-order valence-corrected chi connectivity index (χ4v) is 3.70. The van der Waals surface area contributed by atoms with E-state index in [0.717, 1.165) is 40.9 Å². The molecule has 1 aliphatic heterocycles. The van der Waals surface area contributed by atoms with E-state index >= 15 is 0 Å². The summed E-state index contributed by atoms with van der Waals surface area (Å²) in [5, 5.41) is 11.6. The molecule has 2 N–H and O–H groups in total. The van der Waals surface area contributed by atoms with Crippen LogP contribution >= 0.6 is 11.6 Å². The number of nitrogens with one attached hydrogen (secondary N) is 2. The van der Waals surface area contributed by atoms with E-state index in [0.29, 0.717) is 5.02 Å². The summed E-state index contributed by atoms with van der Waals surface area (Å²) in [7, 11) is 0. The third-order valence-corrected chi connectivity index (χ3v) is 5.25. The van der Waals surface area contributed by atoms with Gasteiger partial charge >= 0.3 is 0 Å². The van der Waals surface area contributed by atoms with Gasteiger partial charge in [0.25, 0.3) is 5.91 Å². The first-order chi connectivity index (χ1) is 12.7. The predicted octanol–water partition coefficient (Wildman–Crippen LogP) is 4.46. The second kappa shape index (κ2) is 5.88. The van der Waals surface area contributed by atoms with Gasteiger partial charge in [-0.25, -0.2) is 0 Å². The van der Waals surface area contributed by atoms with Gasteiger partial charge in [-0.05, 0) is 37.1 Å². The Labute approximate surface area is 156 Å². The number of para-hydroxylation sites is 1. The summed E-state index contributed by atoms with van der Waals surface area (Å²) in [5.74, 6) is 0.0788. The number of hydrogen-bond acceptors (Lipinski definition) is 3. The van der Waals surface area contributed by atoms with Crippen molar-refractivity contribution < 1.29 is 4.79 Å². The van der Waals surface area contributed by atoms with E-state index in [4.69, 9.17) is 11.6 Å². The lowest BCUT2D eigenvalue weighted by molar-refractivity contribution is 0.0667. The SMILES string of the molecule is O=C1c2ccccc2N[C@@H](c2cn[nH]c2-c2ccc(Cl)cc2)N1C1CC1. The molecule has 5 nitrogen and oxygen atoms in total. The van der Waals surface area contributed by atoms with Crippen LogP contribution in [0, 0.1) is 0 Å². The molecule has 1 amide bonds. The van der Waals surface area contributed by atoms with E-state index in [9.17, 15) is 4.79 Å². The predicted molar refractivity (Wildman–Crippen MR) is 101 cm³/mol. The maximum absolute atomic E-state index is 13.1. The summed E-state index contributed by atoms with van der Waals surface area (Å²) in [6.07, 6.45) is 3.65. The number of amides is 1. The Hall–Kier alpha value is -2.79. The van der Waals surface area contributed by atoms with E-state index in [1.807, 2.05) is 53.4 Å². The summed E-state index contributed by atoms with van der Waals surface area (Å²) >= 11 is 6.02. The summed E-state index contributed by atoms with van der Waals surface area (Å²) in [6.45, 7) is 0. The number of aromatic nitrogens is 2. The van der Waals surface area contributed by atoms with Crippen LogP contribution < -0.4 is 5.32 Å². The van der Waals surface area contributed by atoms with Crippen LogP contribution in [0.2, 0.25) is 5.02 Å². The molecule has 2 aliphatic rings. The van der Waals surface area contributed by atoms with Crippen molar-refractivity contribution in [3.05, 3.63) is 70.9 Å². The number of carbonyl (C=O) groups is 1. The van der Waals surface area contributed by atoms with Crippen LogP contribution in [0.5, 0.6) is 0 Å². The van der Waals surface area contributed by atoms with Crippen LogP contribution in [-0.2, 0) is 0 Å². The van der Waals surface area contributed by atoms with Crippen LogP contribution in [0.25, 0.3) is 11.3 Å². The smallest absolute Gasteiger partial charge is 0.258 e. The minimum atomic E-state index is -0.241. The van der Waals surface area contributed by atoms with Crippen molar-refractivity contribution in [1.82, 2.24) is 15.1 Å². The lowest BCUT2D eigenvalue weighted by Crippen LogP contribution is -2.44. The number of fused-ring (bicyclic) bond motifs is 1. The van der Waals surface area contributed by atoms with Crippen molar-refractivity contribution in [3.63, 3.8) is 0 Å². The zero-order valence-electron chi connectivity index (χ0n) is 13.9. The van der Waals surface area contributed by atoms with Crippen molar-refractivity contribution in [3.8, 4) is 11.3 Å². The van der Waals surface area contributed by atoms with Crippen LogP contribution in [0.15, 0.2) is 54.7 Å². The molecular weight excluding hydrogens is 348 g/mol. The fraction of sp³-hybridized carbons (Fsp3) is 0.200. The number of anilines is 1. The summed E-state index contributed by atoms with van der Waals surface area (Å²) in [6, 6.07) is 15.6. The second-order valence-corrected chi connectivity index (χ2v) is 7.18. The lowest BCUT2D eigenvalue weighted by atomic mass is 10.0. The maximum Gasteiger partial charge on any atom is 0.258 e. The van der Waals surface area contributed by atoms with Crippen LogP contribution in [0.4, 0.5) is 5.69 Å². The van der Waals surface area contributed by atoms with E-state index in [1.54, 1.807) is 6.20 Å². The number of H-pyrrole nitrogens is 1. The first-order valence-electron chi connectivity index (χ1n) is 8.70. The van der Waals surface area contributed by atoms with Crippen molar-refractivity contribution in [2.45, 2.75) is 25.0 Å². The summed E-state index contributed by atoms with van der Waals surface area (Å²) in [5.41, 5.74) is 4.44. The zero-order valence-corrected chi connectivity index (χ0v) is 14.7. The topological polar surface area (TPSA) is 61.0 Å². The lowest BCUT2D eigenvalue weighted by Gasteiger charge is -2.38. The molecule has 2 aromatic carbocycles. The second-order valence-electron chi connectivity index (χ2n) is 6.74. The summed E-state index contributed by atoms with van der Waals surface area (Å²) < 4.78 is 0. The number of nitrogens with zero attached hydrogens (tertiary/aromatic N) is 2. The first-order valence-corrected chi connectivity index (χ1v) is 9.07. The normalized spacial score (nSPS) is 19.2. The molecule has 0 unspecified atom stereocenters. The van der Waals surface area contributed by atoms with Gasteiger partial charge in [0, 0.05) is 27.9 Å². The number of hydrogen-bond donors (Lipinski definition) is 2.